The average molecular weight is 291 g/mol. The third-order valence-electron chi connectivity index (χ3n) is 2.92. The molecule has 1 aromatic carbocycles. The number of nitrogens with zero attached hydrogens (tertiary/aromatic N) is 3. The molecule has 0 spiro atoms. The highest BCUT2D eigenvalue weighted by atomic mass is 16.5. The molecule has 21 heavy (non-hydrogen) atoms. The number of hydrogen-bond acceptors (Lipinski definition) is 6. The molecular weight excluding hydrogens is 270 g/mol. The topological polar surface area (TPSA) is 71.6 Å². The van der Waals surface area contributed by atoms with Crippen molar-refractivity contribution in [1.29, 1.82) is 0 Å². The molecule has 0 aliphatic carbocycles. The fraction of sp³-hybridized carbons (Fsp3) is 0.467. The molecular formula is C15H21N3O3. The normalized spacial score (nSPS) is 12.8. The summed E-state index contributed by atoms with van der Waals surface area (Å²) in [6, 6.07) is 9.89. The number of aliphatic hydroxyl groups excluding tert-OH is 1. The standard InChI is InChI=1S/C15H21N3O3/c1-12-16-15(21-17-12)9-18(2)8-14(19)11-20-10-13-6-4-3-5-7-13/h3-7,14,19H,8-11H2,1-2H3. The fourth-order valence-corrected chi connectivity index (χ4v) is 2.00. The zero-order valence-electron chi connectivity index (χ0n) is 12.4. The summed E-state index contributed by atoms with van der Waals surface area (Å²) in [5.74, 6) is 1.16. The van der Waals surface area contributed by atoms with Crippen LogP contribution in [-0.2, 0) is 17.9 Å². The first kappa shape index (κ1) is 15.6. The highest BCUT2D eigenvalue weighted by Gasteiger charge is 2.12. The predicted molar refractivity (Wildman–Crippen MR) is 77.5 cm³/mol. The van der Waals surface area contributed by atoms with E-state index < -0.39 is 6.10 Å². The number of likely N-dealkylation sites (N-methyl/N-ethyl adjacent to an activating group) is 1. The van der Waals surface area contributed by atoms with E-state index >= 15 is 0 Å². The molecule has 0 bridgehead atoms. The molecule has 0 saturated heterocycles. The molecule has 1 heterocycles. The smallest absolute Gasteiger partial charge is 0.240 e. The van der Waals surface area contributed by atoms with Crippen molar-refractivity contribution in [1.82, 2.24) is 15.0 Å². The Bertz CT molecular complexity index is 530. The Morgan fingerprint density at radius 3 is 2.76 bits per heavy atom. The largest absolute Gasteiger partial charge is 0.389 e. The van der Waals surface area contributed by atoms with Gasteiger partial charge in [-0.1, -0.05) is 35.5 Å². The van der Waals surface area contributed by atoms with Crippen LogP contribution in [0.1, 0.15) is 17.3 Å². The van der Waals surface area contributed by atoms with E-state index in [4.69, 9.17) is 9.26 Å². The van der Waals surface area contributed by atoms with E-state index in [1.165, 1.54) is 0 Å². The third kappa shape index (κ3) is 5.63. The zero-order chi connectivity index (χ0) is 15.1. The van der Waals surface area contributed by atoms with E-state index in [0.717, 1.165) is 5.56 Å². The first-order valence-corrected chi connectivity index (χ1v) is 6.91. The van der Waals surface area contributed by atoms with Crippen LogP contribution in [0.15, 0.2) is 34.9 Å². The van der Waals surface area contributed by atoms with Gasteiger partial charge in [0.05, 0.1) is 25.9 Å². The molecule has 1 unspecified atom stereocenters. The highest BCUT2D eigenvalue weighted by Crippen LogP contribution is 2.03. The Morgan fingerprint density at radius 2 is 2.10 bits per heavy atom. The number of ether oxygens (including phenoxy) is 1. The van der Waals surface area contributed by atoms with E-state index in [1.54, 1.807) is 6.92 Å². The number of rotatable bonds is 8. The molecule has 1 atom stereocenters. The van der Waals surface area contributed by atoms with Crippen molar-refractivity contribution in [2.24, 2.45) is 0 Å². The Kier molecular flexibility index (Phi) is 5.86. The Morgan fingerprint density at radius 1 is 1.33 bits per heavy atom. The molecule has 2 aromatic rings. The minimum atomic E-state index is -0.553. The van der Waals surface area contributed by atoms with Crippen LogP contribution in [0.2, 0.25) is 0 Å². The molecule has 6 nitrogen and oxygen atoms in total. The average Bonchev–Trinajstić information content (AvgIpc) is 2.85. The molecule has 0 amide bonds. The molecule has 0 aliphatic rings. The van der Waals surface area contributed by atoms with Crippen LogP contribution in [0.25, 0.3) is 0 Å². The molecule has 0 aliphatic heterocycles. The van der Waals surface area contributed by atoms with Gasteiger partial charge in [-0.05, 0) is 19.5 Å². The Hall–Kier alpha value is -1.76. The summed E-state index contributed by atoms with van der Waals surface area (Å²) in [6.07, 6.45) is -0.553. The number of benzene rings is 1. The Labute approximate surface area is 124 Å². The molecule has 0 radical (unpaired) electrons. The minimum Gasteiger partial charge on any atom is -0.389 e. The summed E-state index contributed by atoms with van der Waals surface area (Å²) in [4.78, 5) is 6.05. The van der Waals surface area contributed by atoms with E-state index in [0.29, 0.717) is 38.0 Å². The second kappa shape index (κ2) is 7.87. The van der Waals surface area contributed by atoms with Gasteiger partial charge in [-0.2, -0.15) is 4.98 Å². The molecule has 1 N–H and O–H groups in total. The lowest BCUT2D eigenvalue weighted by Crippen LogP contribution is -2.32. The fourth-order valence-electron chi connectivity index (χ4n) is 2.00. The maximum absolute atomic E-state index is 9.95. The van der Waals surface area contributed by atoms with E-state index in [1.807, 2.05) is 42.3 Å². The first-order chi connectivity index (χ1) is 10.1. The van der Waals surface area contributed by atoms with E-state index in [2.05, 4.69) is 10.1 Å². The molecule has 1 aromatic heterocycles. The van der Waals surface area contributed by atoms with Gasteiger partial charge >= 0.3 is 0 Å². The van der Waals surface area contributed by atoms with Crippen LogP contribution < -0.4 is 0 Å². The number of hydrogen-bond donors (Lipinski definition) is 1. The third-order valence-corrected chi connectivity index (χ3v) is 2.92. The molecule has 2 rings (SSSR count). The van der Waals surface area contributed by atoms with Gasteiger partial charge in [0.15, 0.2) is 5.82 Å². The molecule has 6 heteroatoms. The summed E-state index contributed by atoms with van der Waals surface area (Å²) in [5, 5.41) is 13.7. The summed E-state index contributed by atoms with van der Waals surface area (Å²) in [5.41, 5.74) is 1.10. The van der Waals surface area contributed by atoms with Crippen LogP contribution in [0, 0.1) is 6.92 Å². The van der Waals surface area contributed by atoms with Crippen molar-refractivity contribution < 1.29 is 14.4 Å². The van der Waals surface area contributed by atoms with Gasteiger partial charge in [-0.25, -0.2) is 0 Å². The Balaban J connectivity index is 1.65. The summed E-state index contributed by atoms with van der Waals surface area (Å²) < 4.78 is 10.5. The van der Waals surface area contributed by atoms with Crippen molar-refractivity contribution >= 4 is 0 Å². The molecule has 0 saturated carbocycles. The SMILES string of the molecule is Cc1noc(CN(C)CC(O)COCc2ccccc2)n1. The number of aryl methyl sites for hydroxylation is 1. The van der Waals surface area contributed by atoms with Crippen LogP contribution in [0.4, 0.5) is 0 Å². The maximum atomic E-state index is 9.95. The van der Waals surface area contributed by atoms with Gasteiger partial charge in [0.1, 0.15) is 0 Å². The lowest BCUT2D eigenvalue weighted by atomic mass is 10.2. The van der Waals surface area contributed by atoms with E-state index in [-0.39, 0.29) is 0 Å². The van der Waals surface area contributed by atoms with Crippen molar-refractivity contribution in [2.45, 2.75) is 26.2 Å². The van der Waals surface area contributed by atoms with Gasteiger partial charge < -0.3 is 14.4 Å². The van der Waals surface area contributed by atoms with Crippen LogP contribution in [0.3, 0.4) is 0 Å². The number of aromatic nitrogens is 2. The molecule has 0 fully saturated rings. The zero-order valence-corrected chi connectivity index (χ0v) is 12.4. The quantitative estimate of drug-likeness (QED) is 0.792. The second-order valence-electron chi connectivity index (χ2n) is 5.09. The summed E-state index contributed by atoms with van der Waals surface area (Å²) in [6.45, 7) is 3.57. The van der Waals surface area contributed by atoms with Gasteiger partial charge in [0.2, 0.25) is 5.89 Å². The van der Waals surface area contributed by atoms with Crippen molar-refractivity contribution in [3.8, 4) is 0 Å². The van der Waals surface area contributed by atoms with Gasteiger partial charge in [0, 0.05) is 6.54 Å². The van der Waals surface area contributed by atoms with Crippen LogP contribution in [-0.4, -0.2) is 46.5 Å². The van der Waals surface area contributed by atoms with Crippen LogP contribution in [0.5, 0.6) is 0 Å². The predicted octanol–water partition coefficient (Wildman–Crippen LogP) is 1.39. The van der Waals surface area contributed by atoms with Gasteiger partial charge in [0.25, 0.3) is 0 Å². The maximum Gasteiger partial charge on any atom is 0.240 e. The summed E-state index contributed by atoms with van der Waals surface area (Å²) in [7, 11) is 1.89. The lowest BCUT2D eigenvalue weighted by molar-refractivity contribution is 0.0115. The molecule has 114 valence electrons. The van der Waals surface area contributed by atoms with E-state index in [9.17, 15) is 5.11 Å². The minimum absolute atomic E-state index is 0.294. The van der Waals surface area contributed by atoms with Gasteiger partial charge in [-0.3, -0.25) is 4.90 Å². The number of aliphatic hydroxyl groups is 1. The monoisotopic (exact) mass is 291 g/mol. The van der Waals surface area contributed by atoms with Crippen molar-refractivity contribution in [3.63, 3.8) is 0 Å². The van der Waals surface area contributed by atoms with Gasteiger partial charge in [-0.15, -0.1) is 0 Å². The second-order valence-corrected chi connectivity index (χ2v) is 5.09. The first-order valence-electron chi connectivity index (χ1n) is 6.91. The van der Waals surface area contributed by atoms with Crippen molar-refractivity contribution in [3.05, 3.63) is 47.6 Å². The van der Waals surface area contributed by atoms with Crippen molar-refractivity contribution in [2.75, 3.05) is 20.2 Å². The lowest BCUT2D eigenvalue weighted by Gasteiger charge is -2.18. The van der Waals surface area contributed by atoms with Crippen LogP contribution >= 0.6 is 0 Å². The summed E-state index contributed by atoms with van der Waals surface area (Å²) >= 11 is 0. The highest BCUT2D eigenvalue weighted by molar-refractivity contribution is 5.13.